The van der Waals surface area contributed by atoms with Crippen molar-refractivity contribution < 1.29 is 22.7 Å². The topological polar surface area (TPSA) is 81.7 Å². The zero-order chi connectivity index (χ0) is 13.6. The fourth-order valence-corrected chi connectivity index (χ4v) is 3.01. The lowest BCUT2D eigenvalue weighted by molar-refractivity contribution is -0.140. The van der Waals surface area contributed by atoms with Crippen molar-refractivity contribution in [2.24, 2.45) is 0 Å². The van der Waals surface area contributed by atoms with E-state index in [1.807, 2.05) is 6.92 Å². The lowest BCUT2D eigenvalue weighted by Crippen LogP contribution is -2.41. The van der Waals surface area contributed by atoms with Crippen molar-refractivity contribution in [2.45, 2.75) is 38.2 Å². The molecule has 1 N–H and O–H groups in total. The molecule has 0 saturated carbocycles. The number of carbonyl (C=O) groups is 1. The summed E-state index contributed by atoms with van der Waals surface area (Å²) in [5.74, 6) is -0.464. The van der Waals surface area contributed by atoms with Gasteiger partial charge in [-0.2, -0.15) is 0 Å². The molecule has 1 atom stereocenters. The zero-order valence-electron chi connectivity index (χ0n) is 10.9. The highest BCUT2D eigenvalue weighted by Crippen LogP contribution is 2.24. The summed E-state index contributed by atoms with van der Waals surface area (Å²) in [6.07, 6.45) is 2.20. The van der Waals surface area contributed by atoms with Crippen LogP contribution in [0.15, 0.2) is 0 Å². The average molecular weight is 279 g/mol. The molecule has 0 radical (unpaired) electrons. The van der Waals surface area contributed by atoms with Crippen LogP contribution in [0.25, 0.3) is 0 Å². The number of hydrogen-bond acceptors (Lipinski definition) is 5. The lowest BCUT2D eigenvalue weighted by Gasteiger charge is -2.23. The highest BCUT2D eigenvalue weighted by molar-refractivity contribution is 7.89. The molecule has 0 spiro atoms. The van der Waals surface area contributed by atoms with E-state index in [4.69, 9.17) is 4.74 Å². The van der Waals surface area contributed by atoms with E-state index in [1.165, 1.54) is 7.11 Å². The number of sulfonamides is 1. The Labute approximate surface area is 108 Å². The van der Waals surface area contributed by atoms with Crippen molar-refractivity contribution in [1.82, 2.24) is 4.72 Å². The summed E-state index contributed by atoms with van der Waals surface area (Å²) in [6.45, 7) is 2.87. The van der Waals surface area contributed by atoms with Gasteiger partial charge < -0.3 is 9.47 Å². The fourth-order valence-electron chi connectivity index (χ4n) is 1.82. The predicted octanol–water partition coefficient (Wildman–Crippen LogP) is 0.428. The summed E-state index contributed by atoms with van der Waals surface area (Å²) in [4.78, 5) is 10.9. The second kappa shape index (κ2) is 6.49. The Morgan fingerprint density at radius 3 is 2.78 bits per heavy atom. The Hall–Kier alpha value is -0.660. The summed E-state index contributed by atoms with van der Waals surface area (Å²) in [7, 11) is -2.06. The Morgan fingerprint density at radius 1 is 1.50 bits per heavy atom. The average Bonchev–Trinajstić information content (AvgIpc) is 2.74. The predicted molar refractivity (Wildman–Crippen MR) is 66.6 cm³/mol. The van der Waals surface area contributed by atoms with Crippen LogP contribution in [-0.4, -0.2) is 46.0 Å². The molecule has 1 heterocycles. The maximum absolute atomic E-state index is 11.7. The van der Waals surface area contributed by atoms with Crippen molar-refractivity contribution in [3.8, 4) is 0 Å². The first-order valence-corrected chi connectivity index (χ1v) is 7.70. The van der Waals surface area contributed by atoms with Crippen molar-refractivity contribution in [2.75, 3.05) is 26.0 Å². The van der Waals surface area contributed by atoms with Crippen LogP contribution < -0.4 is 4.72 Å². The number of ether oxygens (including phenoxy) is 2. The largest absolute Gasteiger partial charge is 0.469 e. The smallest absolute Gasteiger partial charge is 0.305 e. The van der Waals surface area contributed by atoms with Crippen LogP contribution in [0, 0.1) is 0 Å². The Morgan fingerprint density at radius 2 is 2.22 bits per heavy atom. The first-order valence-electron chi connectivity index (χ1n) is 6.05. The molecule has 1 fully saturated rings. The van der Waals surface area contributed by atoms with Crippen LogP contribution >= 0.6 is 0 Å². The molecule has 0 aromatic rings. The molecule has 6 nitrogen and oxygen atoms in total. The number of rotatable bonds is 7. The monoisotopic (exact) mass is 279 g/mol. The zero-order valence-corrected chi connectivity index (χ0v) is 11.7. The fraction of sp³-hybridized carbons (Fsp3) is 0.909. The summed E-state index contributed by atoms with van der Waals surface area (Å²) in [5.41, 5.74) is -0.393. The van der Waals surface area contributed by atoms with Gasteiger partial charge in [-0.15, -0.1) is 0 Å². The van der Waals surface area contributed by atoms with E-state index >= 15 is 0 Å². The van der Waals surface area contributed by atoms with E-state index in [2.05, 4.69) is 9.46 Å². The minimum absolute atomic E-state index is 0.0713. The standard InChI is InChI=1S/C11H21NO5S/c1-11(6-4-7-17-11)9-12-18(14,15)8-3-5-10(13)16-2/h12H,3-9H2,1-2H3. The van der Waals surface area contributed by atoms with Crippen LogP contribution in [-0.2, 0) is 24.3 Å². The third-order valence-electron chi connectivity index (χ3n) is 2.99. The van der Waals surface area contributed by atoms with Gasteiger partial charge in [0.2, 0.25) is 10.0 Å². The van der Waals surface area contributed by atoms with Crippen molar-refractivity contribution in [3.63, 3.8) is 0 Å². The maximum atomic E-state index is 11.7. The molecule has 0 aromatic carbocycles. The highest BCUT2D eigenvalue weighted by atomic mass is 32.2. The van der Waals surface area contributed by atoms with Gasteiger partial charge in [-0.3, -0.25) is 4.79 Å². The molecular weight excluding hydrogens is 258 g/mol. The van der Waals surface area contributed by atoms with E-state index < -0.39 is 21.6 Å². The van der Waals surface area contributed by atoms with Gasteiger partial charge in [0.1, 0.15) is 0 Å². The molecule has 1 unspecified atom stereocenters. The first-order chi connectivity index (χ1) is 8.37. The van der Waals surface area contributed by atoms with Crippen molar-refractivity contribution in [1.29, 1.82) is 0 Å². The SMILES string of the molecule is COC(=O)CCCS(=O)(=O)NCC1(C)CCCO1. The van der Waals surface area contributed by atoms with E-state index in [-0.39, 0.29) is 25.1 Å². The number of methoxy groups -OCH3 is 1. The Kier molecular flexibility index (Phi) is 5.55. The van der Waals surface area contributed by atoms with Gasteiger partial charge in [0.05, 0.1) is 18.5 Å². The molecular formula is C11H21NO5S. The molecule has 1 aliphatic heterocycles. The lowest BCUT2D eigenvalue weighted by atomic mass is 10.0. The normalized spacial score (nSPS) is 24.1. The van der Waals surface area contributed by atoms with Gasteiger partial charge in [0, 0.05) is 19.6 Å². The van der Waals surface area contributed by atoms with Crippen molar-refractivity contribution in [3.05, 3.63) is 0 Å². The molecule has 0 bridgehead atoms. The van der Waals surface area contributed by atoms with Gasteiger partial charge in [-0.1, -0.05) is 0 Å². The minimum Gasteiger partial charge on any atom is -0.469 e. The molecule has 0 aromatic heterocycles. The van der Waals surface area contributed by atoms with Crippen molar-refractivity contribution >= 4 is 16.0 Å². The van der Waals surface area contributed by atoms with E-state index in [1.54, 1.807) is 0 Å². The Bertz CT molecular complexity index is 373. The quantitative estimate of drug-likeness (QED) is 0.683. The first kappa shape index (κ1) is 15.4. The van der Waals surface area contributed by atoms with Gasteiger partial charge in [-0.25, -0.2) is 13.1 Å². The molecule has 1 saturated heterocycles. The number of hydrogen-bond donors (Lipinski definition) is 1. The summed E-state index contributed by atoms with van der Waals surface area (Å²) in [6, 6.07) is 0. The van der Waals surface area contributed by atoms with Gasteiger partial charge in [0.15, 0.2) is 0 Å². The summed E-state index contributed by atoms with van der Waals surface area (Å²) in [5, 5.41) is 0. The van der Waals surface area contributed by atoms with Gasteiger partial charge >= 0.3 is 5.97 Å². The number of esters is 1. The van der Waals surface area contributed by atoms with E-state index in [0.29, 0.717) is 6.61 Å². The molecule has 1 rings (SSSR count). The van der Waals surface area contributed by atoms with Crippen LogP contribution in [0.3, 0.4) is 0 Å². The van der Waals surface area contributed by atoms with Gasteiger partial charge in [-0.05, 0) is 26.2 Å². The summed E-state index contributed by atoms with van der Waals surface area (Å²) >= 11 is 0. The minimum atomic E-state index is -3.35. The highest BCUT2D eigenvalue weighted by Gasteiger charge is 2.30. The van der Waals surface area contributed by atoms with Crippen LogP contribution in [0.2, 0.25) is 0 Å². The van der Waals surface area contributed by atoms with Crippen LogP contribution in [0.1, 0.15) is 32.6 Å². The van der Waals surface area contributed by atoms with E-state index in [0.717, 1.165) is 12.8 Å². The number of carbonyl (C=O) groups excluding carboxylic acids is 1. The third kappa shape index (κ3) is 5.32. The second-order valence-electron chi connectivity index (χ2n) is 4.72. The third-order valence-corrected chi connectivity index (χ3v) is 4.40. The number of nitrogens with one attached hydrogen (secondary N) is 1. The maximum Gasteiger partial charge on any atom is 0.305 e. The molecule has 7 heteroatoms. The molecule has 106 valence electrons. The second-order valence-corrected chi connectivity index (χ2v) is 6.65. The summed E-state index contributed by atoms with van der Waals surface area (Å²) < 4.78 is 35.8. The molecule has 0 aliphatic carbocycles. The molecule has 18 heavy (non-hydrogen) atoms. The van der Waals surface area contributed by atoms with E-state index in [9.17, 15) is 13.2 Å². The Balaban J connectivity index is 2.29. The molecule has 1 aliphatic rings. The van der Waals surface area contributed by atoms with Crippen LogP contribution in [0.5, 0.6) is 0 Å². The van der Waals surface area contributed by atoms with Crippen LogP contribution in [0.4, 0.5) is 0 Å². The molecule has 0 amide bonds. The van der Waals surface area contributed by atoms with Gasteiger partial charge in [0.25, 0.3) is 0 Å².